The Bertz CT molecular complexity index is 588. The van der Waals surface area contributed by atoms with Crippen LogP contribution in [0.2, 0.25) is 0 Å². The van der Waals surface area contributed by atoms with E-state index < -0.39 is 23.8 Å². The molecule has 114 valence electrons. The SMILES string of the molecule is COC(=O)[C@H]1[C@@H]2C[C@@H]2CN1c1ccc(N)c(C(F)(F)F)c1. The molecule has 2 fully saturated rings. The zero-order valence-corrected chi connectivity index (χ0v) is 11.4. The van der Waals surface area contributed by atoms with Crippen LogP contribution in [0.4, 0.5) is 24.5 Å². The van der Waals surface area contributed by atoms with E-state index in [-0.39, 0.29) is 11.6 Å². The Labute approximate surface area is 119 Å². The maximum atomic E-state index is 12.9. The van der Waals surface area contributed by atoms with Crippen LogP contribution in [0.3, 0.4) is 0 Å². The number of hydrogen-bond acceptors (Lipinski definition) is 4. The maximum Gasteiger partial charge on any atom is 0.418 e. The van der Waals surface area contributed by atoms with Crippen molar-refractivity contribution in [1.82, 2.24) is 0 Å². The number of hydrogen-bond donors (Lipinski definition) is 1. The molecule has 1 heterocycles. The molecule has 1 aliphatic heterocycles. The molecule has 0 amide bonds. The molecule has 3 rings (SSSR count). The second-order valence-electron chi connectivity index (χ2n) is 5.55. The highest BCUT2D eigenvalue weighted by Crippen LogP contribution is 2.51. The van der Waals surface area contributed by atoms with Gasteiger partial charge in [-0.05, 0) is 36.5 Å². The second kappa shape index (κ2) is 4.54. The summed E-state index contributed by atoms with van der Waals surface area (Å²) in [6.45, 7) is 0.575. The summed E-state index contributed by atoms with van der Waals surface area (Å²) in [6, 6.07) is 3.27. The van der Waals surface area contributed by atoms with Gasteiger partial charge in [0.15, 0.2) is 0 Å². The zero-order chi connectivity index (χ0) is 15.4. The number of nitrogens with two attached hydrogens (primary N) is 1. The van der Waals surface area contributed by atoms with E-state index in [1.165, 1.54) is 19.2 Å². The van der Waals surface area contributed by atoms with Gasteiger partial charge in [0.25, 0.3) is 0 Å². The predicted octanol–water partition coefficient (Wildman–Crippen LogP) is 2.29. The van der Waals surface area contributed by atoms with Crippen molar-refractivity contribution in [2.75, 3.05) is 24.3 Å². The number of nitrogen functional groups attached to an aromatic ring is 1. The summed E-state index contributed by atoms with van der Waals surface area (Å²) >= 11 is 0. The molecule has 7 heteroatoms. The Hall–Kier alpha value is -1.92. The summed E-state index contributed by atoms with van der Waals surface area (Å²) in [5.41, 5.74) is 4.58. The number of piperidine rings is 1. The number of ether oxygens (including phenoxy) is 1. The number of carbonyl (C=O) groups is 1. The van der Waals surface area contributed by atoms with Gasteiger partial charge in [0.05, 0.1) is 12.7 Å². The number of anilines is 2. The highest BCUT2D eigenvalue weighted by molar-refractivity contribution is 5.82. The van der Waals surface area contributed by atoms with Gasteiger partial charge in [0.1, 0.15) is 6.04 Å². The average molecular weight is 300 g/mol. The van der Waals surface area contributed by atoms with E-state index in [0.29, 0.717) is 18.2 Å². The summed E-state index contributed by atoms with van der Waals surface area (Å²) in [4.78, 5) is 13.6. The first-order chi connectivity index (χ1) is 9.82. The molecular weight excluding hydrogens is 285 g/mol. The van der Waals surface area contributed by atoms with Gasteiger partial charge >= 0.3 is 12.1 Å². The topological polar surface area (TPSA) is 55.6 Å². The van der Waals surface area contributed by atoms with Crippen molar-refractivity contribution < 1.29 is 22.7 Å². The lowest BCUT2D eigenvalue weighted by molar-refractivity contribution is -0.142. The van der Waals surface area contributed by atoms with Crippen LogP contribution in [0.5, 0.6) is 0 Å². The van der Waals surface area contributed by atoms with Gasteiger partial charge in [-0.1, -0.05) is 0 Å². The van der Waals surface area contributed by atoms with Crippen LogP contribution in [0.25, 0.3) is 0 Å². The van der Waals surface area contributed by atoms with Crippen LogP contribution in [0, 0.1) is 11.8 Å². The molecule has 2 aliphatic rings. The fourth-order valence-electron chi connectivity index (χ4n) is 3.12. The van der Waals surface area contributed by atoms with E-state index in [4.69, 9.17) is 10.5 Å². The first kappa shape index (κ1) is 14.0. The molecule has 1 saturated heterocycles. The lowest BCUT2D eigenvalue weighted by atomic mass is 10.1. The number of nitrogens with zero attached hydrogens (tertiary/aromatic N) is 1. The molecular formula is C14H15F3N2O2. The van der Waals surface area contributed by atoms with Crippen molar-refractivity contribution in [3.63, 3.8) is 0 Å². The average Bonchev–Trinajstić information content (AvgIpc) is 3.08. The zero-order valence-electron chi connectivity index (χ0n) is 11.4. The van der Waals surface area contributed by atoms with Gasteiger partial charge in [-0.25, -0.2) is 4.79 Å². The van der Waals surface area contributed by atoms with Crippen molar-refractivity contribution >= 4 is 17.3 Å². The van der Waals surface area contributed by atoms with Gasteiger partial charge < -0.3 is 15.4 Å². The smallest absolute Gasteiger partial charge is 0.418 e. The number of alkyl halides is 3. The Morgan fingerprint density at radius 1 is 1.43 bits per heavy atom. The molecule has 1 aromatic rings. The minimum Gasteiger partial charge on any atom is -0.467 e. The van der Waals surface area contributed by atoms with Gasteiger partial charge in [0.2, 0.25) is 0 Å². The first-order valence-electron chi connectivity index (χ1n) is 6.64. The van der Waals surface area contributed by atoms with Crippen LogP contribution in [-0.2, 0) is 15.7 Å². The van der Waals surface area contributed by atoms with Gasteiger partial charge in [-0.2, -0.15) is 13.2 Å². The summed E-state index contributed by atoms with van der Waals surface area (Å²) in [7, 11) is 1.29. The third-order valence-corrected chi connectivity index (χ3v) is 4.27. The Kier molecular flexibility index (Phi) is 3.04. The summed E-state index contributed by atoms with van der Waals surface area (Å²) in [5.74, 6) is 0.149. The van der Waals surface area contributed by atoms with E-state index >= 15 is 0 Å². The van der Waals surface area contributed by atoms with Crippen molar-refractivity contribution in [1.29, 1.82) is 0 Å². The van der Waals surface area contributed by atoms with E-state index in [1.54, 1.807) is 4.90 Å². The first-order valence-corrected chi connectivity index (χ1v) is 6.64. The molecule has 2 N–H and O–H groups in total. The Morgan fingerprint density at radius 3 is 2.76 bits per heavy atom. The van der Waals surface area contributed by atoms with Crippen molar-refractivity contribution in [3.05, 3.63) is 23.8 Å². The van der Waals surface area contributed by atoms with Crippen LogP contribution < -0.4 is 10.6 Å². The highest BCUT2D eigenvalue weighted by atomic mass is 19.4. The predicted molar refractivity (Wildman–Crippen MR) is 70.6 cm³/mol. The molecule has 21 heavy (non-hydrogen) atoms. The number of esters is 1. The fraction of sp³-hybridized carbons (Fsp3) is 0.500. The third-order valence-electron chi connectivity index (χ3n) is 4.27. The van der Waals surface area contributed by atoms with E-state index in [2.05, 4.69) is 0 Å². The summed E-state index contributed by atoms with van der Waals surface area (Å²) in [5, 5.41) is 0. The minimum absolute atomic E-state index is 0.185. The molecule has 1 saturated carbocycles. The van der Waals surface area contributed by atoms with E-state index in [1.807, 2.05) is 0 Å². The largest absolute Gasteiger partial charge is 0.467 e. The van der Waals surface area contributed by atoms with Crippen LogP contribution in [0.1, 0.15) is 12.0 Å². The lowest BCUT2D eigenvalue weighted by Crippen LogP contribution is -2.40. The minimum atomic E-state index is -4.51. The molecule has 0 spiro atoms. The maximum absolute atomic E-state index is 12.9. The molecule has 0 unspecified atom stereocenters. The molecule has 3 atom stereocenters. The number of carbonyl (C=O) groups excluding carboxylic acids is 1. The molecule has 1 aromatic carbocycles. The molecule has 1 aliphatic carbocycles. The summed E-state index contributed by atoms with van der Waals surface area (Å²) in [6.07, 6.45) is -3.58. The van der Waals surface area contributed by atoms with E-state index in [0.717, 1.165) is 12.5 Å². The monoisotopic (exact) mass is 300 g/mol. The molecule has 0 radical (unpaired) electrons. The normalized spacial score (nSPS) is 27.4. The second-order valence-corrected chi connectivity index (χ2v) is 5.55. The fourth-order valence-corrected chi connectivity index (χ4v) is 3.12. The number of methoxy groups -OCH3 is 1. The van der Waals surface area contributed by atoms with Crippen LogP contribution in [0.15, 0.2) is 18.2 Å². The summed E-state index contributed by atoms with van der Waals surface area (Å²) < 4.78 is 43.6. The third kappa shape index (κ3) is 2.30. The quantitative estimate of drug-likeness (QED) is 0.672. The van der Waals surface area contributed by atoms with Crippen molar-refractivity contribution in [3.8, 4) is 0 Å². The highest BCUT2D eigenvalue weighted by Gasteiger charge is 2.56. The molecule has 0 aromatic heterocycles. The standard InChI is InChI=1S/C14H15F3N2O2/c1-21-13(20)12-9-4-7(9)6-19(12)8-2-3-11(18)10(5-8)14(15,16)17/h2-3,5,7,9,12H,4,6,18H2,1H3/t7-,9-,12-/m1/s1. The number of halogens is 3. The van der Waals surface area contributed by atoms with Gasteiger partial charge in [0, 0.05) is 17.9 Å². The van der Waals surface area contributed by atoms with Gasteiger partial charge in [-0.15, -0.1) is 0 Å². The molecule has 0 bridgehead atoms. The van der Waals surface area contributed by atoms with Crippen molar-refractivity contribution in [2.45, 2.75) is 18.6 Å². The van der Waals surface area contributed by atoms with Crippen LogP contribution >= 0.6 is 0 Å². The van der Waals surface area contributed by atoms with Gasteiger partial charge in [-0.3, -0.25) is 0 Å². The number of rotatable bonds is 2. The Morgan fingerprint density at radius 2 is 2.14 bits per heavy atom. The van der Waals surface area contributed by atoms with Crippen LogP contribution in [-0.4, -0.2) is 25.7 Å². The molecule has 4 nitrogen and oxygen atoms in total. The Balaban J connectivity index is 1.95. The van der Waals surface area contributed by atoms with E-state index in [9.17, 15) is 18.0 Å². The van der Waals surface area contributed by atoms with Crippen molar-refractivity contribution in [2.24, 2.45) is 11.8 Å². The lowest BCUT2D eigenvalue weighted by Gasteiger charge is -2.28. The number of benzene rings is 1. The number of fused-ring (bicyclic) bond motifs is 1.